The van der Waals surface area contributed by atoms with Gasteiger partial charge in [-0.2, -0.15) is 0 Å². The molecule has 2 N–H and O–H groups in total. The van der Waals surface area contributed by atoms with Crippen LogP contribution in [0.15, 0.2) is 0 Å². The van der Waals surface area contributed by atoms with Crippen molar-refractivity contribution in [1.29, 1.82) is 0 Å². The van der Waals surface area contributed by atoms with Crippen molar-refractivity contribution in [2.75, 3.05) is 6.54 Å². The third-order valence-corrected chi connectivity index (χ3v) is 1.25. The van der Waals surface area contributed by atoms with Crippen molar-refractivity contribution < 1.29 is 9.59 Å². The van der Waals surface area contributed by atoms with Gasteiger partial charge >= 0.3 is 0 Å². The van der Waals surface area contributed by atoms with Gasteiger partial charge in [0.15, 0.2) is 6.29 Å². The smallest absolute Gasteiger partial charge is 0.151 e. The third kappa shape index (κ3) is 1.34. The second-order valence-corrected chi connectivity index (χ2v) is 1.93. The molecule has 4 nitrogen and oxygen atoms in total. The first kappa shape index (κ1) is 6.38. The van der Waals surface area contributed by atoms with Crippen LogP contribution in [0.2, 0.25) is 0 Å². The molecule has 0 aromatic heterocycles. The predicted octanol–water partition coefficient (Wildman–Crippen LogP) is -1.73. The van der Waals surface area contributed by atoms with E-state index < -0.39 is 0 Å². The molecule has 1 heterocycles. The molecular weight excluding hydrogens is 120 g/mol. The van der Waals surface area contributed by atoms with Gasteiger partial charge in [0.05, 0.1) is 6.04 Å². The summed E-state index contributed by atoms with van der Waals surface area (Å²) in [5, 5.41) is 5.54. The molecule has 0 radical (unpaired) electrons. The molecule has 0 saturated carbocycles. The van der Waals surface area contributed by atoms with Crippen LogP contribution in [0.5, 0.6) is 0 Å². The van der Waals surface area contributed by atoms with Crippen LogP contribution < -0.4 is 10.6 Å². The molecule has 9 heavy (non-hydrogen) atoms. The summed E-state index contributed by atoms with van der Waals surface area (Å²) < 4.78 is 0. The molecule has 1 aliphatic rings. The number of hydrogen-bond donors (Lipinski definition) is 2. The highest BCUT2D eigenvalue weighted by atomic mass is 16.1. The Morgan fingerprint density at radius 2 is 2.11 bits per heavy atom. The van der Waals surface area contributed by atoms with E-state index in [2.05, 4.69) is 10.6 Å². The fraction of sp³-hybridized carbons (Fsp3) is 0.600. The molecule has 2 atom stereocenters. The fourth-order valence-corrected chi connectivity index (χ4v) is 0.777. The van der Waals surface area contributed by atoms with Crippen molar-refractivity contribution in [3.05, 3.63) is 0 Å². The minimum atomic E-state index is -0.333. The lowest BCUT2D eigenvalue weighted by atomic mass is 10.4. The monoisotopic (exact) mass is 128 g/mol. The Morgan fingerprint density at radius 3 is 2.44 bits per heavy atom. The minimum Gasteiger partial charge on any atom is -0.302 e. The van der Waals surface area contributed by atoms with E-state index in [4.69, 9.17) is 0 Å². The summed E-state index contributed by atoms with van der Waals surface area (Å²) in [5.41, 5.74) is 0. The standard InChI is InChI=1S/C5H8N2O2/c8-2-4-1-6-5(3-9)7-4/h2-7H,1H2. The van der Waals surface area contributed by atoms with E-state index in [9.17, 15) is 9.59 Å². The van der Waals surface area contributed by atoms with Gasteiger partial charge in [-0.25, -0.2) is 0 Å². The molecule has 0 aromatic carbocycles. The number of carbonyl (C=O) groups excluding carboxylic acids is 2. The van der Waals surface area contributed by atoms with Crippen LogP contribution in [0.1, 0.15) is 0 Å². The highest BCUT2D eigenvalue weighted by Crippen LogP contribution is 1.87. The summed E-state index contributed by atoms with van der Waals surface area (Å²) in [7, 11) is 0. The average molecular weight is 128 g/mol. The van der Waals surface area contributed by atoms with Crippen molar-refractivity contribution in [1.82, 2.24) is 10.6 Å². The van der Waals surface area contributed by atoms with Crippen molar-refractivity contribution in [2.45, 2.75) is 12.2 Å². The Bertz CT molecular complexity index is 112. The van der Waals surface area contributed by atoms with E-state index in [1.807, 2.05) is 0 Å². The zero-order valence-electron chi connectivity index (χ0n) is 4.83. The minimum absolute atomic E-state index is 0.194. The summed E-state index contributed by atoms with van der Waals surface area (Å²) in [5.74, 6) is 0. The highest BCUT2D eigenvalue weighted by molar-refractivity contribution is 5.64. The van der Waals surface area contributed by atoms with E-state index in [1.54, 1.807) is 0 Å². The van der Waals surface area contributed by atoms with Crippen molar-refractivity contribution in [2.24, 2.45) is 0 Å². The topological polar surface area (TPSA) is 58.2 Å². The SMILES string of the molecule is O=CC1CNC(C=O)N1. The number of carbonyl (C=O) groups is 2. The Kier molecular flexibility index (Phi) is 1.92. The van der Waals surface area contributed by atoms with Crippen LogP contribution in [0, 0.1) is 0 Å². The van der Waals surface area contributed by atoms with Crippen LogP contribution in [0.25, 0.3) is 0 Å². The van der Waals surface area contributed by atoms with Crippen LogP contribution in [-0.2, 0) is 9.59 Å². The van der Waals surface area contributed by atoms with Crippen LogP contribution >= 0.6 is 0 Å². The number of rotatable bonds is 2. The molecule has 4 heteroatoms. The van der Waals surface area contributed by atoms with Gasteiger partial charge in [0.2, 0.25) is 0 Å². The maximum absolute atomic E-state index is 10.1. The number of hydrogen-bond acceptors (Lipinski definition) is 4. The zero-order chi connectivity index (χ0) is 6.69. The van der Waals surface area contributed by atoms with E-state index in [0.717, 1.165) is 12.6 Å². The lowest BCUT2D eigenvalue weighted by molar-refractivity contribution is -0.110. The molecule has 1 saturated heterocycles. The van der Waals surface area contributed by atoms with E-state index >= 15 is 0 Å². The molecule has 0 aliphatic carbocycles. The molecule has 0 aromatic rings. The van der Waals surface area contributed by atoms with Gasteiger partial charge in [0.25, 0.3) is 0 Å². The maximum Gasteiger partial charge on any atom is 0.151 e. The molecule has 0 amide bonds. The van der Waals surface area contributed by atoms with Crippen LogP contribution in [0.3, 0.4) is 0 Å². The summed E-state index contributed by atoms with van der Waals surface area (Å²) >= 11 is 0. The molecule has 1 fully saturated rings. The van der Waals surface area contributed by atoms with Gasteiger partial charge < -0.3 is 9.59 Å². The summed E-state index contributed by atoms with van der Waals surface area (Å²) in [6.07, 6.45) is 1.19. The van der Waals surface area contributed by atoms with Gasteiger partial charge in [-0.05, 0) is 0 Å². The Labute approximate surface area is 52.6 Å². The lowest BCUT2D eigenvalue weighted by Crippen LogP contribution is -2.35. The average Bonchev–Trinajstić information content (AvgIpc) is 2.34. The quantitative estimate of drug-likeness (QED) is 0.434. The Balaban J connectivity index is 2.36. The molecule has 50 valence electrons. The van der Waals surface area contributed by atoms with E-state index in [-0.39, 0.29) is 12.2 Å². The zero-order valence-corrected chi connectivity index (χ0v) is 4.83. The summed E-state index contributed by atoms with van der Waals surface area (Å²) in [4.78, 5) is 20.1. The van der Waals surface area contributed by atoms with Crippen molar-refractivity contribution >= 4 is 12.6 Å². The van der Waals surface area contributed by atoms with Crippen molar-refractivity contribution in [3.63, 3.8) is 0 Å². The van der Waals surface area contributed by atoms with E-state index in [1.165, 1.54) is 0 Å². The molecular formula is C5H8N2O2. The molecule has 1 aliphatic heterocycles. The second kappa shape index (κ2) is 2.70. The normalized spacial score (nSPS) is 34.2. The fourth-order valence-electron chi connectivity index (χ4n) is 0.777. The molecule has 0 spiro atoms. The molecule has 1 rings (SSSR count). The summed E-state index contributed by atoms with van der Waals surface area (Å²) in [6.45, 7) is 0.549. The number of nitrogens with one attached hydrogen (secondary N) is 2. The first-order valence-electron chi connectivity index (χ1n) is 2.77. The second-order valence-electron chi connectivity index (χ2n) is 1.93. The number of aldehydes is 2. The maximum atomic E-state index is 10.1. The van der Waals surface area contributed by atoms with Gasteiger partial charge in [0.1, 0.15) is 12.5 Å². The van der Waals surface area contributed by atoms with E-state index in [0.29, 0.717) is 6.54 Å². The third-order valence-electron chi connectivity index (χ3n) is 1.25. The van der Waals surface area contributed by atoms with Gasteiger partial charge in [-0.15, -0.1) is 0 Å². The lowest BCUT2D eigenvalue weighted by Gasteiger charge is -1.98. The Hall–Kier alpha value is -0.740. The molecule has 0 bridgehead atoms. The van der Waals surface area contributed by atoms with Crippen LogP contribution in [-0.4, -0.2) is 31.3 Å². The highest BCUT2D eigenvalue weighted by Gasteiger charge is 2.20. The summed E-state index contributed by atoms with van der Waals surface area (Å²) in [6, 6.07) is -0.194. The van der Waals surface area contributed by atoms with Gasteiger partial charge in [0, 0.05) is 6.54 Å². The van der Waals surface area contributed by atoms with Crippen molar-refractivity contribution in [3.8, 4) is 0 Å². The largest absolute Gasteiger partial charge is 0.302 e. The predicted molar refractivity (Wildman–Crippen MR) is 30.8 cm³/mol. The van der Waals surface area contributed by atoms with Crippen LogP contribution in [0.4, 0.5) is 0 Å². The van der Waals surface area contributed by atoms with Gasteiger partial charge in [-0.1, -0.05) is 0 Å². The first-order chi connectivity index (χ1) is 4.36. The first-order valence-corrected chi connectivity index (χ1v) is 2.77. The van der Waals surface area contributed by atoms with Gasteiger partial charge in [-0.3, -0.25) is 10.6 Å². The Morgan fingerprint density at radius 1 is 1.33 bits per heavy atom. The molecule has 2 unspecified atom stereocenters.